The number of fused-ring (bicyclic) bond motifs is 1. The topological polar surface area (TPSA) is 79.6 Å². The number of carbonyl (C=O) groups is 2. The highest BCUT2D eigenvalue weighted by Crippen LogP contribution is 2.23. The van der Waals surface area contributed by atoms with Gasteiger partial charge >= 0.3 is 0 Å². The molecule has 1 saturated heterocycles. The average Bonchev–Trinajstić information content (AvgIpc) is 3.27. The molecule has 0 saturated carbocycles. The van der Waals surface area contributed by atoms with E-state index >= 15 is 0 Å². The van der Waals surface area contributed by atoms with Crippen LogP contribution in [0.2, 0.25) is 0 Å². The van der Waals surface area contributed by atoms with Gasteiger partial charge in [0.2, 0.25) is 11.8 Å². The summed E-state index contributed by atoms with van der Waals surface area (Å²) in [6, 6.07) is 13.0. The molecule has 2 aromatic heterocycles. The van der Waals surface area contributed by atoms with Crippen molar-refractivity contribution in [2.75, 3.05) is 22.5 Å². The van der Waals surface area contributed by atoms with E-state index in [1.807, 2.05) is 53.1 Å². The Bertz CT molecular complexity index is 954. The van der Waals surface area contributed by atoms with Crippen molar-refractivity contribution in [3.63, 3.8) is 0 Å². The van der Waals surface area contributed by atoms with Crippen molar-refractivity contribution >= 4 is 40.6 Å². The maximum Gasteiger partial charge on any atom is 0.234 e. The molecule has 4 rings (SSSR count). The van der Waals surface area contributed by atoms with Crippen molar-refractivity contribution in [2.45, 2.75) is 18.0 Å². The van der Waals surface area contributed by atoms with Crippen molar-refractivity contribution < 1.29 is 9.59 Å². The first-order valence-corrected chi connectivity index (χ1v) is 9.32. The molecule has 0 aliphatic carbocycles. The van der Waals surface area contributed by atoms with Gasteiger partial charge in [0.25, 0.3) is 0 Å². The van der Waals surface area contributed by atoms with E-state index in [1.54, 1.807) is 4.90 Å². The lowest BCUT2D eigenvalue weighted by atomic mass is 10.2. The van der Waals surface area contributed by atoms with Gasteiger partial charge in [-0.15, -0.1) is 10.2 Å². The standard InChI is InChI=1S/C18H17N5O2S/c24-16(12-26-18-21-20-15-4-1-2-10-23(15)18)19-13-6-8-14(9-7-13)22-11-3-5-17(22)25/h1-2,4,6-10H,3,5,11-12H2,(H,19,24). The van der Waals surface area contributed by atoms with Gasteiger partial charge in [-0.05, 0) is 42.8 Å². The van der Waals surface area contributed by atoms with Crippen LogP contribution in [-0.2, 0) is 9.59 Å². The highest BCUT2D eigenvalue weighted by Gasteiger charge is 2.21. The smallest absolute Gasteiger partial charge is 0.234 e. The van der Waals surface area contributed by atoms with E-state index < -0.39 is 0 Å². The molecular formula is C18H17N5O2S. The van der Waals surface area contributed by atoms with Crippen molar-refractivity contribution in [1.29, 1.82) is 0 Å². The molecule has 1 fully saturated rings. The maximum atomic E-state index is 12.2. The molecule has 0 spiro atoms. The van der Waals surface area contributed by atoms with E-state index in [2.05, 4.69) is 15.5 Å². The Morgan fingerprint density at radius 1 is 1.15 bits per heavy atom. The molecule has 2 amide bonds. The fraction of sp³-hybridized carbons (Fsp3) is 0.222. The first-order valence-electron chi connectivity index (χ1n) is 8.33. The van der Waals surface area contributed by atoms with Crippen LogP contribution in [0.4, 0.5) is 11.4 Å². The predicted molar refractivity (Wildman–Crippen MR) is 100 cm³/mol. The summed E-state index contributed by atoms with van der Waals surface area (Å²) in [5.74, 6) is 0.272. The van der Waals surface area contributed by atoms with Crippen molar-refractivity contribution in [2.24, 2.45) is 0 Å². The number of hydrogen-bond donors (Lipinski definition) is 1. The number of carbonyl (C=O) groups excluding carboxylic acids is 2. The number of amides is 2. The molecule has 0 radical (unpaired) electrons. The number of nitrogens with one attached hydrogen (secondary N) is 1. The third-order valence-corrected chi connectivity index (χ3v) is 5.09. The minimum Gasteiger partial charge on any atom is -0.325 e. The zero-order valence-electron chi connectivity index (χ0n) is 14.0. The lowest BCUT2D eigenvalue weighted by Crippen LogP contribution is -2.23. The van der Waals surface area contributed by atoms with Crippen molar-refractivity contribution in [1.82, 2.24) is 14.6 Å². The molecule has 132 valence electrons. The molecule has 3 heterocycles. The van der Waals surface area contributed by atoms with Gasteiger partial charge in [0.1, 0.15) is 0 Å². The van der Waals surface area contributed by atoms with E-state index in [0.29, 0.717) is 17.3 Å². The molecule has 0 bridgehead atoms. The molecular weight excluding hydrogens is 350 g/mol. The number of anilines is 2. The molecule has 0 unspecified atom stereocenters. The SMILES string of the molecule is O=C(CSc1nnc2ccccn12)Nc1ccc(N2CCCC2=O)cc1. The summed E-state index contributed by atoms with van der Waals surface area (Å²) in [4.78, 5) is 25.7. The van der Waals surface area contributed by atoms with Gasteiger partial charge in [-0.3, -0.25) is 14.0 Å². The molecule has 1 N–H and O–H groups in total. The Balaban J connectivity index is 1.35. The van der Waals surface area contributed by atoms with Crippen LogP contribution in [0.1, 0.15) is 12.8 Å². The Hall–Kier alpha value is -2.87. The van der Waals surface area contributed by atoms with Gasteiger partial charge in [0.15, 0.2) is 10.8 Å². The van der Waals surface area contributed by atoms with Gasteiger partial charge < -0.3 is 10.2 Å². The van der Waals surface area contributed by atoms with Gasteiger partial charge in [-0.1, -0.05) is 17.8 Å². The fourth-order valence-corrected chi connectivity index (χ4v) is 3.62. The van der Waals surface area contributed by atoms with Crippen LogP contribution >= 0.6 is 11.8 Å². The second-order valence-corrected chi connectivity index (χ2v) is 6.89. The van der Waals surface area contributed by atoms with Crippen molar-refractivity contribution in [3.8, 4) is 0 Å². The molecule has 3 aromatic rings. The van der Waals surface area contributed by atoms with Crippen LogP contribution in [0.15, 0.2) is 53.8 Å². The monoisotopic (exact) mass is 367 g/mol. The van der Waals surface area contributed by atoms with Crippen LogP contribution in [-0.4, -0.2) is 38.7 Å². The van der Waals surface area contributed by atoms with Crippen LogP contribution in [0, 0.1) is 0 Å². The second-order valence-electron chi connectivity index (χ2n) is 5.94. The molecule has 1 aliphatic rings. The number of nitrogens with zero attached hydrogens (tertiary/aromatic N) is 4. The molecule has 1 aromatic carbocycles. The zero-order valence-corrected chi connectivity index (χ0v) is 14.8. The lowest BCUT2D eigenvalue weighted by Gasteiger charge is -2.16. The molecule has 26 heavy (non-hydrogen) atoms. The Labute approximate surface area is 154 Å². The minimum atomic E-state index is -0.118. The summed E-state index contributed by atoms with van der Waals surface area (Å²) in [6.45, 7) is 0.757. The summed E-state index contributed by atoms with van der Waals surface area (Å²) < 4.78 is 1.85. The highest BCUT2D eigenvalue weighted by molar-refractivity contribution is 7.99. The van der Waals surface area contributed by atoms with Crippen molar-refractivity contribution in [3.05, 3.63) is 48.7 Å². The number of thioether (sulfide) groups is 1. The summed E-state index contributed by atoms with van der Waals surface area (Å²) in [5.41, 5.74) is 2.33. The number of hydrogen-bond acceptors (Lipinski definition) is 5. The highest BCUT2D eigenvalue weighted by atomic mass is 32.2. The van der Waals surface area contributed by atoms with E-state index in [9.17, 15) is 9.59 Å². The number of aromatic nitrogens is 3. The van der Waals surface area contributed by atoms with Gasteiger partial charge in [0, 0.05) is 30.5 Å². The summed E-state index contributed by atoms with van der Waals surface area (Å²) in [5, 5.41) is 11.7. The van der Waals surface area contributed by atoms with Gasteiger partial charge in [-0.2, -0.15) is 0 Å². The predicted octanol–water partition coefficient (Wildman–Crippen LogP) is 2.59. The van der Waals surface area contributed by atoms with Crippen LogP contribution in [0.25, 0.3) is 5.65 Å². The third-order valence-electron chi connectivity index (χ3n) is 4.15. The van der Waals surface area contributed by atoms with Crippen LogP contribution < -0.4 is 10.2 Å². The zero-order chi connectivity index (χ0) is 17.9. The van der Waals surface area contributed by atoms with Gasteiger partial charge in [0.05, 0.1) is 5.75 Å². The normalized spacial score (nSPS) is 14.2. The first kappa shape index (κ1) is 16.6. The first-order chi connectivity index (χ1) is 12.7. The number of benzene rings is 1. The van der Waals surface area contributed by atoms with E-state index in [4.69, 9.17) is 0 Å². The Morgan fingerprint density at radius 3 is 2.77 bits per heavy atom. The van der Waals surface area contributed by atoms with E-state index in [0.717, 1.165) is 24.3 Å². The summed E-state index contributed by atoms with van der Waals surface area (Å²) >= 11 is 1.33. The Morgan fingerprint density at radius 2 is 2.00 bits per heavy atom. The lowest BCUT2D eigenvalue weighted by molar-refractivity contribution is -0.117. The largest absolute Gasteiger partial charge is 0.325 e. The van der Waals surface area contributed by atoms with Crippen LogP contribution in [0.5, 0.6) is 0 Å². The van der Waals surface area contributed by atoms with Crippen LogP contribution in [0.3, 0.4) is 0 Å². The third kappa shape index (κ3) is 3.41. The summed E-state index contributed by atoms with van der Waals surface area (Å²) in [6.07, 6.45) is 3.37. The summed E-state index contributed by atoms with van der Waals surface area (Å²) in [7, 11) is 0. The number of pyridine rings is 1. The second kappa shape index (κ2) is 7.17. The molecule has 8 heteroatoms. The van der Waals surface area contributed by atoms with Gasteiger partial charge in [-0.25, -0.2) is 0 Å². The van der Waals surface area contributed by atoms with E-state index in [1.165, 1.54) is 11.8 Å². The molecule has 1 aliphatic heterocycles. The average molecular weight is 367 g/mol. The minimum absolute atomic E-state index is 0.118. The Kier molecular flexibility index (Phi) is 4.57. The quantitative estimate of drug-likeness (QED) is 0.701. The van der Waals surface area contributed by atoms with E-state index in [-0.39, 0.29) is 17.6 Å². The number of rotatable bonds is 5. The molecule has 0 atom stereocenters. The maximum absolute atomic E-state index is 12.2. The molecule has 7 nitrogen and oxygen atoms in total. The fourth-order valence-electron chi connectivity index (χ4n) is 2.89.